The summed E-state index contributed by atoms with van der Waals surface area (Å²) in [6.07, 6.45) is 1.88. The first-order valence-electron chi connectivity index (χ1n) is 4.23. The van der Waals surface area contributed by atoms with Gasteiger partial charge in [-0.1, -0.05) is 0 Å². The van der Waals surface area contributed by atoms with Crippen molar-refractivity contribution in [1.82, 2.24) is 5.32 Å². The zero-order valence-electron chi connectivity index (χ0n) is 7.32. The fraction of sp³-hybridized carbons (Fsp3) is 0.444. The highest BCUT2D eigenvalue weighted by Crippen LogP contribution is 2.02. The minimum Gasteiger partial charge on any atom is -0.461 e. The molecule has 0 atom stereocenters. The predicted octanol–water partition coefficient (Wildman–Crippen LogP) is 0.434. The number of hydrogen-bond acceptors (Lipinski definition) is 4. The molecule has 0 spiro atoms. The molecule has 1 heterocycles. The lowest BCUT2D eigenvalue weighted by Crippen LogP contribution is -2.21. The van der Waals surface area contributed by atoms with Crippen LogP contribution < -0.4 is 5.32 Å². The molecular formula is C9H13NO3. The van der Waals surface area contributed by atoms with Crippen LogP contribution in [0, 0.1) is 0 Å². The van der Waals surface area contributed by atoms with Crippen molar-refractivity contribution in [3.05, 3.63) is 24.2 Å². The Bertz CT molecular complexity index is 243. The van der Waals surface area contributed by atoms with E-state index >= 15 is 0 Å². The summed E-state index contributed by atoms with van der Waals surface area (Å²) in [4.78, 5) is 11.3. The van der Waals surface area contributed by atoms with E-state index in [1.165, 1.54) is 6.26 Å². The lowest BCUT2D eigenvalue weighted by molar-refractivity contribution is 0.0955. The van der Waals surface area contributed by atoms with Crippen LogP contribution in [0.15, 0.2) is 22.8 Å². The van der Waals surface area contributed by atoms with E-state index in [1.807, 2.05) is 0 Å². The second-order valence-corrected chi connectivity index (χ2v) is 2.62. The molecule has 1 aromatic heterocycles. The van der Waals surface area contributed by atoms with Crippen LogP contribution in [0.5, 0.6) is 0 Å². The Balaban J connectivity index is 2.19. The molecular weight excluding hydrogens is 170 g/mol. The van der Waals surface area contributed by atoms with Gasteiger partial charge in [-0.25, -0.2) is 0 Å². The lowest BCUT2D eigenvalue weighted by Gasteiger charge is -1.99. The third kappa shape index (κ3) is 3.40. The van der Waals surface area contributed by atoms with E-state index < -0.39 is 0 Å². The van der Waals surface area contributed by atoms with Crippen molar-refractivity contribution in [3.8, 4) is 0 Å². The normalized spacial score (nSPS) is 10.2. The van der Waals surface area contributed by atoms with Gasteiger partial charge in [-0.05, 0) is 12.1 Å². The maximum atomic E-state index is 11.3. The molecule has 4 heteroatoms. The molecule has 1 aromatic rings. The summed E-state index contributed by atoms with van der Waals surface area (Å²) in [5.41, 5.74) is 0. The zero-order chi connectivity index (χ0) is 9.52. The third-order valence-corrected chi connectivity index (χ3v) is 1.61. The van der Waals surface area contributed by atoms with E-state index in [0.717, 1.165) is 0 Å². The quantitative estimate of drug-likeness (QED) is 0.496. The number of carbonyl (C=O) groups is 1. The van der Waals surface area contributed by atoms with Gasteiger partial charge in [0.05, 0.1) is 12.9 Å². The van der Waals surface area contributed by atoms with Gasteiger partial charge in [-0.15, -0.1) is 0 Å². The topological polar surface area (TPSA) is 62.5 Å². The van der Waals surface area contributed by atoms with Crippen LogP contribution >= 0.6 is 0 Å². The molecule has 13 heavy (non-hydrogen) atoms. The summed E-state index contributed by atoms with van der Waals surface area (Å²) in [5, 5.41) is 11.4. The minimum absolute atomic E-state index is 0.0181. The van der Waals surface area contributed by atoms with Gasteiger partial charge in [0.1, 0.15) is 0 Å². The molecule has 0 aliphatic rings. The number of aliphatic hydroxyl groups is 1. The summed E-state index contributed by atoms with van der Waals surface area (Å²) in [7, 11) is 0. The average molecular weight is 183 g/mol. The number of rotatable bonds is 6. The van der Waals surface area contributed by atoms with E-state index in [9.17, 15) is 4.79 Å². The number of aliphatic hydroxyl groups excluding tert-OH is 1. The summed E-state index contributed by atoms with van der Waals surface area (Å²) in [6, 6.07) is 3.34. The molecule has 0 bridgehead atoms. The second-order valence-electron chi connectivity index (χ2n) is 2.62. The van der Waals surface area contributed by atoms with Crippen molar-refractivity contribution < 1.29 is 14.3 Å². The van der Waals surface area contributed by atoms with Gasteiger partial charge in [0, 0.05) is 19.5 Å². The smallest absolute Gasteiger partial charge is 0.199 e. The van der Waals surface area contributed by atoms with Crippen LogP contribution in [0.1, 0.15) is 17.0 Å². The molecule has 0 saturated carbocycles. The Morgan fingerprint density at radius 2 is 2.38 bits per heavy atom. The zero-order valence-corrected chi connectivity index (χ0v) is 7.32. The Morgan fingerprint density at radius 3 is 3.00 bits per heavy atom. The molecule has 72 valence electrons. The van der Waals surface area contributed by atoms with Crippen molar-refractivity contribution in [2.24, 2.45) is 0 Å². The highest BCUT2D eigenvalue weighted by molar-refractivity contribution is 5.93. The van der Waals surface area contributed by atoms with Gasteiger partial charge in [-0.2, -0.15) is 0 Å². The van der Waals surface area contributed by atoms with Crippen molar-refractivity contribution in [1.29, 1.82) is 0 Å². The number of carbonyl (C=O) groups excluding carboxylic acids is 1. The second kappa shape index (κ2) is 5.50. The Labute approximate surface area is 76.6 Å². The first-order valence-corrected chi connectivity index (χ1v) is 4.23. The highest BCUT2D eigenvalue weighted by Gasteiger charge is 2.06. The minimum atomic E-state index is -0.0181. The van der Waals surface area contributed by atoms with Crippen molar-refractivity contribution >= 4 is 5.78 Å². The fourth-order valence-electron chi connectivity index (χ4n) is 0.966. The molecule has 2 N–H and O–H groups in total. The SMILES string of the molecule is O=C(CCNCCO)c1ccco1. The van der Waals surface area contributed by atoms with Gasteiger partial charge in [0.2, 0.25) is 0 Å². The van der Waals surface area contributed by atoms with Crippen LogP contribution in [0.3, 0.4) is 0 Å². The van der Waals surface area contributed by atoms with Gasteiger partial charge in [-0.3, -0.25) is 4.79 Å². The van der Waals surface area contributed by atoms with Gasteiger partial charge < -0.3 is 14.8 Å². The van der Waals surface area contributed by atoms with E-state index in [4.69, 9.17) is 9.52 Å². The first kappa shape index (κ1) is 9.95. The maximum Gasteiger partial charge on any atom is 0.199 e. The first-order chi connectivity index (χ1) is 6.34. The highest BCUT2D eigenvalue weighted by atomic mass is 16.3. The maximum absolute atomic E-state index is 11.3. The van der Waals surface area contributed by atoms with Gasteiger partial charge in [0.15, 0.2) is 11.5 Å². The standard InChI is InChI=1S/C9H13NO3/c11-6-5-10-4-3-8(12)9-2-1-7-13-9/h1-2,7,10-11H,3-6H2. The van der Waals surface area contributed by atoms with Gasteiger partial charge >= 0.3 is 0 Å². The number of ketones is 1. The van der Waals surface area contributed by atoms with E-state index in [0.29, 0.717) is 25.3 Å². The molecule has 0 amide bonds. The third-order valence-electron chi connectivity index (χ3n) is 1.61. The monoisotopic (exact) mass is 183 g/mol. The van der Waals surface area contributed by atoms with E-state index in [2.05, 4.69) is 5.32 Å². The number of nitrogens with one attached hydrogen (secondary N) is 1. The molecule has 0 aromatic carbocycles. The van der Waals surface area contributed by atoms with Crippen LogP contribution in [0.25, 0.3) is 0 Å². The average Bonchev–Trinajstić information content (AvgIpc) is 2.65. The number of Topliss-reactive ketones (excluding diaryl/α,β-unsaturated/α-hetero) is 1. The van der Waals surface area contributed by atoms with Crippen molar-refractivity contribution in [2.45, 2.75) is 6.42 Å². The summed E-state index contributed by atoms with van der Waals surface area (Å²) in [6.45, 7) is 1.18. The van der Waals surface area contributed by atoms with Crippen LogP contribution in [-0.2, 0) is 0 Å². The van der Waals surface area contributed by atoms with Crippen LogP contribution in [-0.4, -0.2) is 30.6 Å². The molecule has 0 unspecified atom stereocenters. The lowest BCUT2D eigenvalue weighted by atomic mass is 10.2. The predicted molar refractivity (Wildman–Crippen MR) is 47.6 cm³/mol. The molecule has 0 saturated heterocycles. The molecule has 0 radical (unpaired) electrons. The molecule has 0 aliphatic heterocycles. The number of furan rings is 1. The van der Waals surface area contributed by atoms with E-state index in [1.54, 1.807) is 12.1 Å². The Hall–Kier alpha value is -1.13. The van der Waals surface area contributed by atoms with Crippen LogP contribution in [0.2, 0.25) is 0 Å². The molecule has 0 aliphatic carbocycles. The summed E-state index contributed by atoms with van der Waals surface area (Å²) >= 11 is 0. The Kier molecular flexibility index (Phi) is 4.21. The molecule has 1 rings (SSSR count). The van der Waals surface area contributed by atoms with Crippen LogP contribution in [0.4, 0.5) is 0 Å². The van der Waals surface area contributed by atoms with Crippen molar-refractivity contribution in [2.75, 3.05) is 19.7 Å². The Morgan fingerprint density at radius 1 is 1.54 bits per heavy atom. The fourth-order valence-corrected chi connectivity index (χ4v) is 0.966. The molecule has 4 nitrogen and oxygen atoms in total. The number of hydrogen-bond donors (Lipinski definition) is 2. The van der Waals surface area contributed by atoms with Gasteiger partial charge in [0.25, 0.3) is 0 Å². The van der Waals surface area contributed by atoms with E-state index in [-0.39, 0.29) is 12.4 Å². The molecule has 0 fully saturated rings. The largest absolute Gasteiger partial charge is 0.461 e. The van der Waals surface area contributed by atoms with Crippen molar-refractivity contribution in [3.63, 3.8) is 0 Å². The summed E-state index contributed by atoms with van der Waals surface area (Å²) < 4.78 is 4.93. The summed E-state index contributed by atoms with van der Waals surface area (Å²) in [5.74, 6) is 0.376.